The van der Waals surface area contributed by atoms with Crippen molar-refractivity contribution in [3.05, 3.63) is 34.1 Å². The van der Waals surface area contributed by atoms with Gasteiger partial charge in [-0.25, -0.2) is 4.39 Å². The highest BCUT2D eigenvalue weighted by molar-refractivity contribution is 9.10. The van der Waals surface area contributed by atoms with E-state index >= 15 is 0 Å². The van der Waals surface area contributed by atoms with Gasteiger partial charge in [0.25, 0.3) is 0 Å². The standard InChI is InChI=1S/C15H21BrFN/c1-10-3-6-13(7-4-10)18-11(2)12-5-8-15(17)14(16)9-12/h5,8-11,13,18H,3-4,6-7H2,1-2H3. The third-order valence-corrected chi connectivity index (χ3v) is 4.55. The Morgan fingerprint density at radius 1 is 1.28 bits per heavy atom. The molecular formula is C15H21BrFN. The minimum atomic E-state index is -0.197. The highest BCUT2D eigenvalue weighted by Gasteiger charge is 2.20. The van der Waals surface area contributed by atoms with E-state index < -0.39 is 0 Å². The van der Waals surface area contributed by atoms with Gasteiger partial charge in [0.1, 0.15) is 5.82 Å². The molecule has 0 spiro atoms. The van der Waals surface area contributed by atoms with E-state index in [4.69, 9.17) is 0 Å². The van der Waals surface area contributed by atoms with Crippen LogP contribution in [0, 0.1) is 11.7 Å². The van der Waals surface area contributed by atoms with Crippen LogP contribution in [0.15, 0.2) is 22.7 Å². The van der Waals surface area contributed by atoms with Crippen LogP contribution >= 0.6 is 15.9 Å². The van der Waals surface area contributed by atoms with Crippen LogP contribution < -0.4 is 5.32 Å². The van der Waals surface area contributed by atoms with Crippen molar-refractivity contribution in [1.82, 2.24) is 5.32 Å². The largest absolute Gasteiger partial charge is 0.307 e. The van der Waals surface area contributed by atoms with E-state index in [2.05, 4.69) is 35.1 Å². The Labute approximate surface area is 117 Å². The van der Waals surface area contributed by atoms with Gasteiger partial charge in [0.2, 0.25) is 0 Å². The van der Waals surface area contributed by atoms with Crippen molar-refractivity contribution in [1.29, 1.82) is 0 Å². The van der Waals surface area contributed by atoms with Crippen LogP contribution in [0.1, 0.15) is 51.1 Å². The second-order valence-electron chi connectivity index (χ2n) is 5.52. The molecule has 0 aliphatic heterocycles. The molecule has 0 radical (unpaired) electrons. The molecule has 1 aromatic carbocycles. The monoisotopic (exact) mass is 313 g/mol. The number of rotatable bonds is 3. The molecule has 3 heteroatoms. The summed E-state index contributed by atoms with van der Waals surface area (Å²) in [4.78, 5) is 0. The number of halogens is 2. The molecule has 1 aliphatic rings. The Morgan fingerprint density at radius 2 is 1.94 bits per heavy atom. The average Bonchev–Trinajstić information content (AvgIpc) is 2.35. The van der Waals surface area contributed by atoms with Crippen molar-refractivity contribution >= 4 is 15.9 Å². The summed E-state index contributed by atoms with van der Waals surface area (Å²) in [5.41, 5.74) is 1.14. The SMILES string of the molecule is CC1CCC(NC(C)c2ccc(F)c(Br)c2)CC1. The van der Waals surface area contributed by atoms with Crippen LogP contribution in [0.3, 0.4) is 0 Å². The quantitative estimate of drug-likeness (QED) is 0.843. The first-order valence-corrected chi connectivity index (χ1v) is 7.56. The summed E-state index contributed by atoms with van der Waals surface area (Å²) in [5.74, 6) is 0.677. The van der Waals surface area contributed by atoms with E-state index in [1.165, 1.54) is 31.7 Å². The van der Waals surface area contributed by atoms with Crippen molar-refractivity contribution in [3.8, 4) is 0 Å². The summed E-state index contributed by atoms with van der Waals surface area (Å²) in [5, 5.41) is 3.66. The minimum absolute atomic E-state index is 0.197. The topological polar surface area (TPSA) is 12.0 Å². The first kappa shape index (κ1) is 14.0. The van der Waals surface area contributed by atoms with Gasteiger partial charge < -0.3 is 5.32 Å². The highest BCUT2D eigenvalue weighted by atomic mass is 79.9. The van der Waals surface area contributed by atoms with Gasteiger partial charge in [0.15, 0.2) is 0 Å². The summed E-state index contributed by atoms with van der Waals surface area (Å²) in [7, 11) is 0. The predicted octanol–water partition coefficient (Wildman–Crippen LogP) is 4.82. The lowest BCUT2D eigenvalue weighted by atomic mass is 9.87. The fraction of sp³-hybridized carbons (Fsp3) is 0.600. The maximum Gasteiger partial charge on any atom is 0.137 e. The zero-order valence-electron chi connectivity index (χ0n) is 11.0. The molecule has 2 rings (SSSR count). The van der Waals surface area contributed by atoms with E-state index in [0.717, 1.165) is 11.5 Å². The molecular weight excluding hydrogens is 293 g/mol. The van der Waals surface area contributed by atoms with Crippen LogP contribution in [0.25, 0.3) is 0 Å². The van der Waals surface area contributed by atoms with Crippen LogP contribution in [0.4, 0.5) is 4.39 Å². The van der Waals surface area contributed by atoms with Gasteiger partial charge in [0.05, 0.1) is 4.47 Å². The fourth-order valence-corrected chi connectivity index (χ4v) is 3.05. The molecule has 1 saturated carbocycles. The molecule has 100 valence electrons. The van der Waals surface area contributed by atoms with Crippen molar-refractivity contribution in [2.24, 2.45) is 5.92 Å². The minimum Gasteiger partial charge on any atom is -0.307 e. The molecule has 1 atom stereocenters. The normalized spacial score (nSPS) is 26.0. The number of hydrogen-bond acceptors (Lipinski definition) is 1. The molecule has 1 fully saturated rings. The van der Waals surface area contributed by atoms with Gasteiger partial charge in [-0.05, 0) is 72.2 Å². The maximum absolute atomic E-state index is 13.2. The predicted molar refractivity (Wildman–Crippen MR) is 77.1 cm³/mol. The molecule has 0 bridgehead atoms. The average molecular weight is 314 g/mol. The smallest absolute Gasteiger partial charge is 0.137 e. The van der Waals surface area contributed by atoms with E-state index in [0.29, 0.717) is 10.5 Å². The fourth-order valence-electron chi connectivity index (χ4n) is 2.66. The Hall–Kier alpha value is -0.410. The van der Waals surface area contributed by atoms with Crippen molar-refractivity contribution in [3.63, 3.8) is 0 Å². The van der Waals surface area contributed by atoms with Crippen LogP contribution in [0.2, 0.25) is 0 Å². The van der Waals surface area contributed by atoms with Crippen molar-refractivity contribution < 1.29 is 4.39 Å². The zero-order valence-corrected chi connectivity index (χ0v) is 12.6. The first-order valence-electron chi connectivity index (χ1n) is 6.77. The molecule has 1 aliphatic carbocycles. The lowest BCUT2D eigenvalue weighted by Crippen LogP contribution is -2.34. The Balaban J connectivity index is 1.94. The second-order valence-corrected chi connectivity index (χ2v) is 6.37. The summed E-state index contributed by atoms with van der Waals surface area (Å²) in [6.07, 6.45) is 5.15. The van der Waals surface area contributed by atoms with Crippen molar-refractivity contribution in [2.45, 2.75) is 51.6 Å². The van der Waals surface area contributed by atoms with Crippen LogP contribution in [-0.4, -0.2) is 6.04 Å². The summed E-state index contributed by atoms with van der Waals surface area (Å²) >= 11 is 3.24. The molecule has 1 unspecified atom stereocenters. The van der Waals surface area contributed by atoms with Crippen LogP contribution in [0.5, 0.6) is 0 Å². The van der Waals surface area contributed by atoms with Gasteiger partial charge in [-0.3, -0.25) is 0 Å². The first-order chi connectivity index (χ1) is 8.56. The van der Waals surface area contributed by atoms with E-state index in [-0.39, 0.29) is 11.9 Å². The van der Waals surface area contributed by atoms with Gasteiger partial charge in [0, 0.05) is 12.1 Å². The van der Waals surface area contributed by atoms with E-state index in [9.17, 15) is 4.39 Å². The molecule has 0 aromatic heterocycles. The van der Waals surface area contributed by atoms with Crippen LogP contribution in [-0.2, 0) is 0 Å². The summed E-state index contributed by atoms with van der Waals surface area (Å²) in [6.45, 7) is 4.48. The van der Waals surface area contributed by atoms with Crippen molar-refractivity contribution in [2.75, 3.05) is 0 Å². The van der Waals surface area contributed by atoms with Gasteiger partial charge in [-0.2, -0.15) is 0 Å². The third kappa shape index (κ3) is 3.55. The molecule has 1 nitrogen and oxygen atoms in total. The molecule has 1 aromatic rings. The highest BCUT2D eigenvalue weighted by Crippen LogP contribution is 2.26. The maximum atomic E-state index is 13.2. The van der Waals surface area contributed by atoms with Gasteiger partial charge in [-0.1, -0.05) is 13.0 Å². The zero-order chi connectivity index (χ0) is 13.1. The molecule has 1 N–H and O–H groups in total. The lowest BCUT2D eigenvalue weighted by molar-refractivity contribution is 0.291. The molecule has 0 saturated heterocycles. The second kappa shape index (κ2) is 6.16. The summed E-state index contributed by atoms with van der Waals surface area (Å²) < 4.78 is 13.7. The number of nitrogens with one attached hydrogen (secondary N) is 1. The molecule has 18 heavy (non-hydrogen) atoms. The number of hydrogen-bond donors (Lipinski definition) is 1. The Kier molecular flexibility index (Phi) is 4.79. The molecule has 0 amide bonds. The lowest BCUT2D eigenvalue weighted by Gasteiger charge is -2.30. The number of benzene rings is 1. The Bertz CT molecular complexity index is 399. The Morgan fingerprint density at radius 3 is 2.56 bits per heavy atom. The van der Waals surface area contributed by atoms with E-state index in [1.54, 1.807) is 0 Å². The van der Waals surface area contributed by atoms with Gasteiger partial charge >= 0.3 is 0 Å². The third-order valence-electron chi connectivity index (χ3n) is 3.95. The van der Waals surface area contributed by atoms with Gasteiger partial charge in [-0.15, -0.1) is 0 Å². The molecule has 0 heterocycles. The summed E-state index contributed by atoms with van der Waals surface area (Å²) in [6, 6.07) is 6.16. The van der Waals surface area contributed by atoms with E-state index in [1.807, 2.05) is 12.1 Å².